The first-order valence-corrected chi connectivity index (χ1v) is 10.9. The van der Waals surface area contributed by atoms with Crippen molar-refractivity contribution < 1.29 is 25.2 Å². The Morgan fingerprint density at radius 1 is 1.39 bits per heavy atom. The van der Waals surface area contributed by atoms with Gasteiger partial charge in [0.05, 0.1) is 27.7 Å². The van der Waals surface area contributed by atoms with Gasteiger partial charge >= 0.3 is 0 Å². The molecule has 6 nitrogen and oxygen atoms in total. The Labute approximate surface area is 196 Å². The Bertz CT molecular complexity index is 1180. The van der Waals surface area contributed by atoms with Crippen LogP contribution >= 0.6 is 23.4 Å². The molecule has 3 rings (SSSR count). The molecule has 1 aliphatic heterocycles. The number of rotatable bonds is 8. The summed E-state index contributed by atoms with van der Waals surface area (Å²) in [6.45, 7) is 3.38. The summed E-state index contributed by atoms with van der Waals surface area (Å²) >= 11 is 7.40. The molecule has 1 fully saturated rings. The average Bonchev–Trinajstić information content (AvgIpc) is 3.14. The number of aliphatic imine (C=N–C) groups is 1. The fourth-order valence-electron chi connectivity index (χ4n) is 2.69. The van der Waals surface area contributed by atoms with Crippen molar-refractivity contribution in [2.24, 2.45) is 4.99 Å². The van der Waals surface area contributed by atoms with Gasteiger partial charge in [0.25, 0.3) is 5.91 Å². The zero-order valence-corrected chi connectivity index (χ0v) is 18.7. The van der Waals surface area contributed by atoms with Gasteiger partial charge in [0.1, 0.15) is 18.5 Å². The van der Waals surface area contributed by atoms with Crippen molar-refractivity contribution in [3.63, 3.8) is 0 Å². The van der Waals surface area contributed by atoms with E-state index >= 15 is 0 Å². The van der Waals surface area contributed by atoms with E-state index in [2.05, 4.69) is 4.99 Å². The van der Waals surface area contributed by atoms with E-state index < -0.39 is 24.7 Å². The largest absolute Gasteiger partial charge is 0.489 e. The van der Waals surface area contributed by atoms with Crippen molar-refractivity contribution in [3.8, 4) is 5.75 Å². The number of aliphatic hydroxyl groups is 2. The number of hydrogen-bond acceptors (Lipinski definition) is 6. The molecule has 1 amide bonds. The molecule has 31 heavy (non-hydrogen) atoms. The SMILES string of the molecule is [2H]c1c([2H])c([2H])c(N2C(=O)/C(=C/c3ccc(OC[C@H](O)CO)c(Cl)c3)SC2=NCCC)c(C)c1[2H]. The minimum atomic E-state index is -1.03. The standard InChI is InChI=1S/C23H25ClN2O4S/c1-3-10-25-23-26(19-7-5-4-6-15(19)2)22(29)21(31-23)12-16-8-9-20(18(24)11-16)30-14-17(28)13-27/h4-9,11-12,17,27-28H,3,10,13-14H2,1-2H3/b21-12-,25-23?/t17-/m1/s1/i4D,5D,6D,7D. The lowest BCUT2D eigenvalue weighted by atomic mass is 10.1. The van der Waals surface area contributed by atoms with Gasteiger partial charge in [-0.25, -0.2) is 0 Å². The Morgan fingerprint density at radius 2 is 2.16 bits per heavy atom. The maximum atomic E-state index is 13.5. The first-order valence-electron chi connectivity index (χ1n) is 11.7. The van der Waals surface area contributed by atoms with Crippen LogP contribution in [0.3, 0.4) is 0 Å². The molecule has 0 radical (unpaired) electrons. The second kappa shape index (κ2) is 10.8. The average molecular weight is 465 g/mol. The highest BCUT2D eigenvalue weighted by Gasteiger charge is 2.35. The summed E-state index contributed by atoms with van der Waals surface area (Å²) in [4.78, 5) is 19.5. The van der Waals surface area contributed by atoms with Crippen LogP contribution < -0.4 is 9.64 Å². The van der Waals surface area contributed by atoms with Crippen molar-refractivity contribution in [1.82, 2.24) is 0 Å². The van der Waals surface area contributed by atoms with Crippen LogP contribution in [0.5, 0.6) is 5.75 Å². The zero-order chi connectivity index (χ0) is 25.9. The number of ether oxygens (including phenoxy) is 1. The van der Waals surface area contributed by atoms with Gasteiger partial charge in [-0.15, -0.1) is 0 Å². The second-order valence-electron chi connectivity index (χ2n) is 6.73. The van der Waals surface area contributed by atoms with Crippen molar-refractivity contribution in [1.29, 1.82) is 0 Å². The number of aliphatic hydroxyl groups excluding tert-OH is 2. The van der Waals surface area contributed by atoms with E-state index in [1.54, 1.807) is 31.2 Å². The molecule has 0 spiro atoms. The molecule has 2 aromatic carbocycles. The first kappa shape index (κ1) is 18.3. The maximum absolute atomic E-state index is 13.5. The van der Waals surface area contributed by atoms with Crippen molar-refractivity contribution in [2.75, 3.05) is 24.7 Å². The second-order valence-corrected chi connectivity index (χ2v) is 8.14. The number of para-hydroxylation sites is 1. The molecular weight excluding hydrogens is 436 g/mol. The Morgan fingerprint density at radius 3 is 2.87 bits per heavy atom. The molecule has 0 aliphatic carbocycles. The van der Waals surface area contributed by atoms with E-state index in [1.807, 2.05) is 6.92 Å². The van der Waals surface area contributed by atoms with Crippen LogP contribution in [0.2, 0.25) is 5.02 Å². The van der Waals surface area contributed by atoms with Gasteiger partial charge < -0.3 is 14.9 Å². The lowest BCUT2D eigenvalue weighted by Gasteiger charge is -2.18. The molecule has 8 heteroatoms. The third-order valence-corrected chi connectivity index (χ3v) is 5.55. The molecule has 1 saturated heterocycles. The number of anilines is 1. The van der Waals surface area contributed by atoms with Gasteiger partial charge in [-0.3, -0.25) is 14.7 Å². The molecule has 0 saturated carbocycles. The predicted molar refractivity (Wildman–Crippen MR) is 127 cm³/mol. The molecule has 1 heterocycles. The summed E-state index contributed by atoms with van der Waals surface area (Å²) in [6.07, 6.45) is 1.32. The third-order valence-electron chi connectivity index (χ3n) is 4.24. The number of amides is 1. The molecule has 0 bridgehead atoms. The quantitative estimate of drug-likeness (QED) is 0.570. The van der Waals surface area contributed by atoms with E-state index in [0.717, 1.165) is 18.2 Å². The lowest BCUT2D eigenvalue weighted by Crippen LogP contribution is -2.29. The number of thioether (sulfide) groups is 1. The number of nitrogens with zero attached hydrogens (tertiary/aromatic N) is 2. The summed E-state index contributed by atoms with van der Waals surface area (Å²) in [5.74, 6) is -0.144. The normalized spacial score (nSPS) is 19.4. The summed E-state index contributed by atoms with van der Waals surface area (Å²) < 4.78 is 37.9. The Balaban J connectivity index is 2.00. The molecular formula is C23H25ClN2O4S. The summed E-state index contributed by atoms with van der Waals surface area (Å²) in [5, 5.41) is 18.9. The smallest absolute Gasteiger partial charge is 0.271 e. The molecule has 2 N–H and O–H groups in total. The molecule has 1 atom stereocenters. The van der Waals surface area contributed by atoms with Crippen LogP contribution in [0.25, 0.3) is 6.08 Å². The number of benzene rings is 2. The topological polar surface area (TPSA) is 82.4 Å². The summed E-state index contributed by atoms with van der Waals surface area (Å²) in [7, 11) is 0. The van der Waals surface area contributed by atoms with Gasteiger partial charge in [-0.1, -0.05) is 42.7 Å². The monoisotopic (exact) mass is 464 g/mol. The van der Waals surface area contributed by atoms with Crippen LogP contribution in [-0.2, 0) is 4.79 Å². The molecule has 2 aromatic rings. The number of carbonyl (C=O) groups is 1. The summed E-state index contributed by atoms with van der Waals surface area (Å²) in [6, 6.07) is 3.56. The van der Waals surface area contributed by atoms with E-state index in [9.17, 15) is 9.90 Å². The van der Waals surface area contributed by atoms with E-state index in [1.165, 1.54) is 4.90 Å². The molecule has 0 aromatic heterocycles. The van der Waals surface area contributed by atoms with Crippen LogP contribution in [-0.4, -0.2) is 47.2 Å². The lowest BCUT2D eigenvalue weighted by molar-refractivity contribution is -0.113. The van der Waals surface area contributed by atoms with Crippen LogP contribution in [0.15, 0.2) is 52.3 Å². The predicted octanol–water partition coefficient (Wildman–Crippen LogP) is 4.27. The minimum Gasteiger partial charge on any atom is -0.489 e. The van der Waals surface area contributed by atoms with E-state index in [-0.39, 0.29) is 41.0 Å². The van der Waals surface area contributed by atoms with Crippen LogP contribution in [0.4, 0.5) is 5.69 Å². The Hall–Kier alpha value is -2.32. The van der Waals surface area contributed by atoms with Crippen molar-refractivity contribution in [3.05, 3.63) is 63.4 Å². The number of hydrogen-bond donors (Lipinski definition) is 2. The van der Waals surface area contributed by atoms with Crippen molar-refractivity contribution >= 4 is 46.2 Å². The van der Waals surface area contributed by atoms with Gasteiger partial charge in [0.15, 0.2) is 5.17 Å². The van der Waals surface area contributed by atoms with Crippen LogP contribution in [0.1, 0.15) is 30.0 Å². The van der Waals surface area contributed by atoms with Gasteiger partial charge in [-0.05, 0) is 60.5 Å². The van der Waals surface area contributed by atoms with E-state index in [4.69, 9.17) is 26.9 Å². The summed E-state index contributed by atoms with van der Waals surface area (Å²) in [5.41, 5.74) is 0.935. The van der Waals surface area contributed by atoms with E-state index in [0.29, 0.717) is 27.9 Å². The van der Waals surface area contributed by atoms with Gasteiger partial charge in [0, 0.05) is 6.54 Å². The number of halogens is 1. The van der Waals surface area contributed by atoms with Gasteiger partial charge in [0.2, 0.25) is 0 Å². The highest BCUT2D eigenvalue weighted by molar-refractivity contribution is 8.19. The molecule has 164 valence electrons. The Kier molecular flexibility index (Phi) is 6.38. The number of amidine groups is 1. The fraction of sp³-hybridized carbons (Fsp3) is 0.304. The number of carbonyl (C=O) groups excluding carboxylic acids is 1. The highest BCUT2D eigenvalue weighted by Crippen LogP contribution is 2.38. The third kappa shape index (κ3) is 5.68. The highest BCUT2D eigenvalue weighted by atomic mass is 35.5. The zero-order valence-electron chi connectivity index (χ0n) is 21.1. The minimum absolute atomic E-state index is 0.0796. The fourth-order valence-corrected chi connectivity index (χ4v) is 3.92. The molecule has 1 aliphatic rings. The maximum Gasteiger partial charge on any atom is 0.271 e. The van der Waals surface area contributed by atoms with Gasteiger partial charge in [-0.2, -0.15) is 0 Å². The first-order chi connectivity index (χ1) is 16.6. The van der Waals surface area contributed by atoms with Crippen LogP contribution in [0, 0.1) is 6.92 Å². The molecule has 0 unspecified atom stereocenters. The van der Waals surface area contributed by atoms with Crippen molar-refractivity contribution in [2.45, 2.75) is 26.4 Å².